The van der Waals surface area contributed by atoms with Gasteiger partial charge in [0.1, 0.15) is 0 Å². The van der Waals surface area contributed by atoms with Crippen molar-refractivity contribution in [3.8, 4) is 0 Å². The molecule has 2 saturated heterocycles. The van der Waals surface area contributed by atoms with Crippen molar-refractivity contribution < 1.29 is 14.9 Å². The molecule has 0 aromatic heterocycles. The fraction of sp³-hybridized carbons (Fsp3) is 1.00. The molecule has 2 N–H and O–H groups in total. The van der Waals surface area contributed by atoms with Crippen molar-refractivity contribution in [3.63, 3.8) is 0 Å². The Morgan fingerprint density at radius 2 is 1.12 bits per heavy atom. The van der Waals surface area contributed by atoms with E-state index in [0.717, 1.165) is 51.0 Å². The van der Waals surface area contributed by atoms with Crippen LogP contribution in [-0.4, -0.2) is 43.7 Å². The highest BCUT2D eigenvalue weighted by atomic mass is 35.5. The molecule has 2 heterocycles. The smallest absolute Gasteiger partial charge is 0.0556 e. The molecule has 2 fully saturated rings. The van der Waals surface area contributed by atoms with Crippen molar-refractivity contribution in [2.75, 3.05) is 38.2 Å². The number of alkyl halides is 2. The molecule has 0 atom stereocenters. The first-order chi connectivity index (χ1) is 7.66. The van der Waals surface area contributed by atoms with Gasteiger partial charge in [-0.15, -0.1) is 23.2 Å². The topological polar surface area (TPSA) is 50.0 Å². The summed E-state index contributed by atoms with van der Waals surface area (Å²) in [5.74, 6) is 1.51. The van der Waals surface area contributed by atoms with E-state index in [-0.39, 0.29) is 5.48 Å². The molecule has 5 heteroatoms. The van der Waals surface area contributed by atoms with Crippen molar-refractivity contribution in [2.45, 2.75) is 26.7 Å². The fourth-order valence-electron chi connectivity index (χ4n) is 1.53. The lowest BCUT2D eigenvalue weighted by Gasteiger charge is -2.38. The molecule has 0 saturated carbocycles. The first-order valence-electron chi connectivity index (χ1n) is 5.93. The Balaban J connectivity index is 0.000000284. The predicted octanol–water partition coefficient (Wildman–Crippen LogP) is 2.48. The summed E-state index contributed by atoms with van der Waals surface area (Å²) < 4.78 is 10.1. The third-order valence-electron chi connectivity index (χ3n) is 3.70. The lowest BCUT2D eigenvalue weighted by atomic mass is 9.86. The van der Waals surface area contributed by atoms with E-state index in [4.69, 9.17) is 32.7 Å². The zero-order valence-electron chi connectivity index (χ0n) is 10.7. The summed E-state index contributed by atoms with van der Waals surface area (Å²) in [6.45, 7) is 7.79. The van der Waals surface area contributed by atoms with Gasteiger partial charge in [-0.1, -0.05) is 13.8 Å². The van der Waals surface area contributed by atoms with Gasteiger partial charge in [-0.05, 0) is 12.8 Å². The maximum absolute atomic E-state index is 5.68. The second kappa shape index (κ2) is 7.80. The maximum atomic E-state index is 5.68. The first kappa shape index (κ1) is 17.5. The summed E-state index contributed by atoms with van der Waals surface area (Å²) in [6, 6.07) is 0. The monoisotopic (exact) mass is 286 g/mol. The van der Waals surface area contributed by atoms with Gasteiger partial charge in [-0.2, -0.15) is 0 Å². The summed E-state index contributed by atoms with van der Waals surface area (Å²) >= 11 is 11.4. The van der Waals surface area contributed by atoms with E-state index >= 15 is 0 Å². The van der Waals surface area contributed by atoms with Crippen LogP contribution in [0.1, 0.15) is 26.7 Å². The summed E-state index contributed by atoms with van der Waals surface area (Å²) in [5.41, 5.74) is 0.698. The summed E-state index contributed by atoms with van der Waals surface area (Å²) in [5, 5.41) is 0. The normalized spacial score (nSPS) is 23.3. The minimum atomic E-state index is 0. The fourth-order valence-corrected chi connectivity index (χ4v) is 2.22. The van der Waals surface area contributed by atoms with Gasteiger partial charge in [0.05, 0.1) is 26.4 Å². The molecular formula is C12H24Cl2O3. The van der Waals surface area contributed by atoms with E-state index < -0.39 is 0 Å². The quantitative estimate of drug-likeness (QED) is 0.746. The van der Waals surface area contributed by atoms with E-state index in [1.807, 2.05) is 0 Å². The van der Waals surface area contributed by atoms with Gasteiger partial charge in [0.2, 0.25) is 0 Å². The average Bonchev–Trinajstić information content (AvgIpc) is 2.19. The molecule has 2 aliphatic rings. The number of rotatable bonds is 4. The van der Waals surface area contributed by atoms with Gasteiger partial charge in [0.25, 0.3) is 0 Å². The molecule has 0 amide bonds. The van der Waals surface area contributed by atoms with Gasteiger partial charge in [0.15, 0.2) is 0 Å². The molecule has 2 aliphatic heterocycles. The van der Waals surface area contributed by atoms with Crippen LogP contribution in [0.2, 0.25) is 0 Å². The van der Waals surface area contributed by atoms with Crippen LogP contribution in [0, 0.1) is 10.8 Å². The molecule has 0 aromatic rings. The molecular weight excluding hydrogens is 263 g/mol. The van der Waals surface area contributed by atoms with Gasteiger partial charge < -0.3 is 14.9 Å². The van der Waals surface area contributed by atoms with Crippen LogP contribution in [0.3, 0.4) is 0 Å². The number of hydrogen-bond donors (Lipinski definition) is 0. The van der Waals surface area contributed by atoms with Crippen molar-refractivity contribution in [2.24, 2.45) is 10.8 Å². The van der Waals surface area contributed by atoms with Gasteiger partial charge in [-0.25, -0.2) is 0 Å². The van der Waals surface area contributed by atoms with E-state index in [9.17, 15) is 0 Å². The van der Waals surface area contributed by atoms with Crippen LogP contribution in [0.5, 0.6) is 0 Å². The van der Waals surface area contributed by atoms with E-state index in [1.54, 1.807) is 0 Å². The number of hydrogen-bond acceptors (Lipinski definition) is 2. The molecule has 0 aliphatic carbocycles. The Hall–Kier alpha value is 0.460. The largest absolute Gasteiger partial charge is 0.412 e. The van der Waals surface area contributed by atoms with Crippen molar-refractivity contribution in [1.29, 1.82) is 0 Å². The minimum Gasteiger partial charge on any atom is -0.412 e. The predicted molar refractivity (Wildman–Crippen MR) is 72.1 cm³/mol. The summed E-state index contributed by atoms with van der Waals surface area (Å²) in [4.78, 5) is 0. The molecule has 0 spiro atoms. The highest BCUT2D eigenvalue weighted by Crippen LogP contribution is 2.32. The maximum Gasteiger partial charge on any atom is 0.0556 e. The third-order valence-corrected chi connectivity index (χ3v) is 4.83. The van der Waals surface area contributed by atoms with Crippen molar-refractivity contribution in [3.05, 3.63) is 0 Å². The molecule has 17 heavy (non-hydrogen) atoms. The molecule has 2 rings (SSSR count). The highest BCUT2D eigenvalue weighted by molar-refractivity contribution is 6.18. The Labute approximate surface area is 114 Å². The average molecular weight is 287 g/mol. The Bertz CT molecular complexity index is 155. The number of halogens is 2. The second-order valence-electron chi connectivity index (χ2n) is 4.96. The van der Waals surface area contributed by atoms with Crippen LogP contribution >= 0.6 is 23.2 Å². The lowest BCUT2D eigenvalue weighted by Crippen LogP contribution is -2.43. The second-order valence-corrected chi connectivity index (χ2v) is 5.49. The SMILES string of the molecule is CCC1(CCl)COC1.CCC1(CCl)COC1.O. The molecule has 104 valence electrons. The highest BCUT2D eigenvalue weighted by Gasteiger charge is 2.36. The molecule has 3 nitrogen and oxygen atoms in total. The molecule has 0 radical (unpaired) electrons. The van der Waals surface area contributed by atoms with Crippen LogP contribution < -0.4 is 0 Å². The number of ether oxygens (including phenoxy) is 2. The van der Waals surface area contributed by atoms with E-state index in [2.05, 4.69) is 13.8 Å². The Morgan fingerprint density at radius 1 is 0.824 bits per heavy atom. The van der Waals surface area contributed by atoms with E-state index in [1.165, 1.54) is 0 Å². The van der Waals surface area contributed by atoms with Crippen LogP contribution in [0.25, 0.3) is 0 Å². The minimum absolute atomic E-state index is 0. The molecule has 0 unspecified atom stereocenters. The summed E-state index contributed by atoms with van der Waals surface area (Å²) in [7, 11) is 0. The van der Waals surface area contributed by atoms with Crippen LogP contribution in [-0.2, 0) is 9.47 Å². The standard InChI is InChI=1S/2C6H11ClO.H2O/c2*1-2-6(3-7)4-8-5-6;/h2*2-5H2,1H3;1H2. The Kier molecular flexibility index (Phi) is 8.01. The van der Waals surface area contributed by atoms with Gasteiger partial charge in [0, 0.05) is 22.6 Å². The molecule has 0 bridgehead atoms. The van der Waals surface area contributed by atoms with Gasteiger partial charge >= 0.3 is 0 Å². The zero-order valence-corrected chi connectivity index (χ0v) is 12.2. The molecule has 0 aromatic carbocycles. The van der Waals surface area contributed by atoms with Crippen LogP contribution in [0.4, 0.5) is 0 Å². The Morgan fingerprint density at radius 3 is 1.12 bits per heavy atom. The van der Waals surface area contributed by atoms with Crippen molar-refractivity contribution in [1.82, 2.24) is 0 Å². The lowest BCUT2D eigenvalue weighted by molar-refractivity contribution is -0.100. The van der Waals surface area contributed by atoms with Crippen LogP contribution in [0.15, 0.2) is 0 Å². The van der Waals surface area contributed by atoms with Crippen molar-refractivity contribution >= 4 is 23.2 Å². The van der Waals surface area contributed by atoms with E-state index in [0.29, 0.717) is 10.8 Å². The van der Waals surface area contributed by atoms with Gasteiger partial charge in [-0.3, -0.25) is 0 Å². The zero-order chi connectivity index (χ0) is 12.1. The first-order valence-corrected chi connectivity index (χ1v) is 7.00. The third kappa shape index (κ3) is 4.25. The summed E-state index contributed by atoms with van der Waals surface area (Å²) in [6.07, 6.45) is 2.30.